The van der Waals surface area contributed by atoms with Crippen molar-refractivity contribution in [2.75, 3.05) is 6.61 Å². The molecule has 0 aromatic carbocycles. The number of carbonyl (C=O) groups is 1. The molecule has 0 saturated carbocycles. The van der Waals surface area contributed by atoms with E-state index in [2.05, 4.69) is 0 Å². The fourth-order valence-corrected chi connectivity index (χ4v) is 1.54. The third-order valence-electron chi connectivity index (χ3n) is 2.24. The summed E-state index contributed by atoms with van der Waals surface area (Å²) < 4.78 is 5.85. The maximum atomic E-state index is 10.7. The van der Waals surface area contributed by atoms with Crippen molar-refractivity contribution in [3.63, 3.8) is 0 Å². The second kappa shape index (κ2) is 5.47. The Balaban J connectivity index is 4.16. The molecule has 1 amide bonds. The fourth-order valence-electron chi connectivity index (χ4n) is 1.54. The lowest BCUT2D eigenvalue weighted by Crippen LogP contribution is -2.38. The van der Waals surface area contributed by atoms with Gasteiger partial charge >= 0.3 is 0 Å². The Kier molecular flexibility index (Phi) is 5.24. The fraction of sp³-hybridized carbons (Fsp3) is 0.909. The SMILES string of the molecule is CC(C)(CCO)OC(C)(C)CCC(N)=O. The molecule has 3 N–H and O–H groups in total. The van der Waals surface area contributed by atoms with Gasteiger partial charge in [-0.25, -0.2) is 0 Å². The molecule has 0 atom stereocenters. The van der Waals surface area contributed by atoms with E-state index in [0.29, 0.717) is 19.3 Å². The van der Waals surface area contributed by atoms with Crippen LogP contribution in [-0.2, 0) is 9.53 Å². The maximum absolute atomic E-state index is 10.7. The van der Waals surface area contributed by atoms with Gasteiger partial charge < -0.3 is 15.6 Å². The highest BCUT2D eigenvalue weighted by Crippen LogP contribution is 2.26. The van der Waals surface area contributed by atoms with E-state index in [-0.39, 0.29) is 18.1 Å². The van der Waals surface area contributed by atoms with Crippen molar-refractivity contribution in [1.29, 1.82) is 0 Å². The van der Waals surface area contributed by atoms with Crippen LogP contribution >= 0.6 is 0 Å². The minimum atomic E-state index is -0.395. The Hall–Kier alpha value is -0.610. The van der Waals surface area contributed by atoms with E-state index in [1.54, 1.807) is 0 Å². The minimum Gasteiger partial charge on any atom is -0.396 e. The highest BCUT2D eigenvalue weighted by atomic mass is 16.5. The molecular formula is C11H23NO3. The number of ether oxygens (including phenoxy) is 1. The highest BCUT2D eigenvalue weighted by molar-refractivity contribution is 5.73. The average molecular weight is 217 g/mol. The van der Waals surface area contributed by atoms with Crippen molar-refractivity contribution in [2.45, 2.75) is 58.2 Å². The van der Waals surface area contributed by atoms with Crippen molar-refractivity contribution in [3.8, 4) is 0 Å². The molecule has 0 bridgehead atoms. The van der Waals surface area contributed by atoms with Gasteiger partial charge in [0.2, 0.25) is 5.91 Å². The Morgan fingerprint density at radius 3 is 2.07 bits per heavy atom. The van der Waals surface area contributed by atoms with Crippen molar-refractivity contribution in [1.82, 2.24) is 0 Å². The summed E-state index contributed by atoms with van der Waals surface area (Å²) in [7, 11) is 0. The Bertz CT molecular complexity index is 212. The summed E-state index contributed by atoms with van der Waals surface area (Å²) in [6, 6.07) is 0. The average Bonchev–Trinajstić information content (AvgIpc) is 1.98. The number of rotatable bonds is 7. The lowest BCUT2D eigenvalue weighted by atomic mass is 9.98. The van der Waals surface area contributed by atoms with Gasteiger partial charge in [-0.2, -0.15) is 0 Å². The van der Waals surface area contributed by atoms with E-state index in [1.807, 2.05) is 27.7 Å². The van der Waals surface area contributed by atoms with Crippen LogP contribution < -0.4 is 5.73 Å². The predicted molar refractivity (Wildman–Crippen MR) is 59.4 cm³/mol. The van der Waals surface area contributed by atoms with Gasteiger partial charge in [0.25, 0.3) is 0 Å². The molecule has 0 aromatic heterocycles. The maximum Gasteiger partial charge on any atom is 0.217 e. The van der Waals surface area contributed by atoms with Crippen LogP contribution in [0, 0.1) is 0 Å². The van der Waals surface area contributed by atoms with E-state index in [9.17, 15) is 4.79 Å². The van der Waals surface area contributed by atoms with E-state index in [0.717, 1.165) is 0 Å². The van der Waals surface area contributed by atoms with Gasteiger partial charge in [0.1, 0.15) is 0 Å². The molecule has 0 aliphatic rings. The summed E-state index contributed by atoms with van der Waals surface area (Å²) in [6.07, 6.45) is 1.49. The van der Waals surface area contributed by atoms with E-state index in [1.165, 1.54) is 0 Å². The molecule has 0 fully saturated rings. The van der Waals surface area contributed by atoms with E-state index in [4.69, 9.17) is 15.6 Å². The largest absolute Gasteiger partial charge is 0.396 e. The molecule has 0 aromatic rings. The minimum absolute atomic E-state index is 0.0961. The van der Waals surface area contributed by atoms with Gasteiger partial charge in [-0.05, 0) is 40.5 Å². The van der Waals surface area contributed by atoms with Crippen LogP contribution in [0.4, 0.5) is 0 Å². The molecule has 90 valence electrons. The third kappa shape index (κ3) is 7.33. The zero-order valence-electron chi connectivity index (χ0n) is 10.2. The number of hydrogen-bond donors (Lipinski definition) is 2. The molecule has 0 aliphatic heterocycles. The smallest absolute Gasteiger partial charge is 0.217 e. The monoisotopic (exact) mass is 217 g/mol. The molecule has 0 saturated heterocycles. The number of aliphatic hydroxyl groups excluding tert-OH is 1. The molecule has 15 heavy (non-hydrogen) atoms. The van der Waals surface area contributed by atoms with Crippen LogP contribution in [0.3, 0.4) is 0 Å². The number of primary amides is 1. The Morgan fingerprint density at radius 2 is 1.67 bits per heavy atom. The Labute approximate surface area is 91.8 Å². The topological polar surface area (TPSA) is 72.6 Å². The first kappa shape index (κ1) is 14.4. The molecule has 4 nitrogen and oxygen atoms in total. The number of amides is 1. The molecule has 0 rings (SSSR count). The first-order chi connectivity index (χ1) is 6.68. The first-order valence-electron chi connectivity index (χ1n) is 5.28. The van der Waals surface area contributed by atoms with Crippen LogP contribution in [0.1, 0.15) is 47.0 Å². The quantitative estimate of drug-likeness (QED) is 0.673. The summed E-state index contributed by atoms with van der Waals surface area (Å²) in [5, 5.41) is 8.86. The highest BCUT2D eigenvalue weighted by Gasteiger charge is 2.28. The number of nitrogens with two attached hydrogens (primary N) is 1. The molecule has 0 unspecified atom stereocenters. The number of hydrogen-bond acceptors (Lipinski definition) is 3. The first-order valence-corrected chi connectivity index (χ1v) is 5.28. The second-order valence-corrected chi connectivity index (χ2v) is 5.06. The van der Waals surface area contributed by atoms with Crippen LogP contribution in [0.25, 0.3) is 0 Å². The summed E-state index contributed by atoms with van der Waals surface area (Å²) in [5.41, 5.74) is 4.31. The number of carbonyl (C=O) groups excluding carboxylic acids is 1. The summed E-state index contributed by atoms with van der Waals surface area (Å²) in [5.74, 6) is -0.313. The van der Waals surface area contributed by atoms with Gasteiger partial charge in [-0.1, -0.05) is 0 Å². The Morgan fingerprint density at radius 1 is 1.20 bits per heavy atom. The van der Waals surface area contributed by atoms with Crippen molar-refractivity contribution in [3.05, 3.63) is 0 Å². The van der Waals surface area contributed by atoms with E-state index >= 15 is 0 Å². The summed E-state index contributed by atoms with van der Waals surface area (Å²) in [4.78, 5) is 10.7. The second-order valence-electron chi connectivity index (χ2n) is 5.06. The van der Waals surface area contributed by atoms with E-state index < -0.39 is 5.60 Å². The van der Waals surface area contributed by atoms with Crippen LogP contribution in [0.2, 0.25) is 0 Å². The molecule has 0 spiro atoms. The third-order valence-corrected chi connectivity index (χ3v) is 2.24. The van der Waals surface area contributed by atoms with Crippen molar-refractivity contribution in [2.24, 2.45) is 5.73 Å². The lowest BCUT2D eigenvalue weighted by molar-refractivity contribution is -0.138. The zero-order valence-corrected chi connectivity index (χ0v) is 10.2. The molecule has 4 heteroatoms. The van der Waals surface area contributed by atoms with Gasteiger partial charge in [-0.15, -0.1) is 0 Å². The summed E-state index contributed by atoms with van der Waals surface area (Å²) >= 11 is 0. The number of aliphatic hydroxyl groups is 1. The standard InChI is InChI=1S/C11H23NO3/c1-10(2,6-5-9(12)14)15-11(3,4)7-8-13/h13H,5-8H2,1-4H3,(H2,12,14). The normalized spacial score (nSPS) is 12.9. The molecule has 0 heterocycles. The van der Waals surface area contributed by atoms with Crippen LogP contribution in [0.15, 0.2) is 0 Å². The van der Waals surface area contributed by atoms with Gasteiger partial charge in [0, 0.05) is 13.0 Å². The molecule has 0 radical (unpaired) electrons. The predicted octanol–water partition coefficient (Wildman–Crippen LogP) is 1.21. The van der Waals surface area contributed by atoms with Gasteiger partial charge in [0.15, 0.2) is 0 Å². The lowest BCUT2D eigenvalue weighted by Gasteiger charge is -2.35. The van der Waals surface area contributed by atoms with Crippen LogP contribution in [0.5, 0.6) is 0 Å². The molecule has 0 aliphatic carbocycles. The van der Waals surface area contributed by atoms with Gasteiger partial charge in [-0.3, -0.25) is 4.79 Å². The molecular weight excluding hydrogens is 194 g/mol. The van der Waals surface area contributed by atoms with Crippen molar-refractivity contribution < 1.29 is 14.6 Å². The zero-order chi connectivity index (χ0) is 12.1. The van der Waals surface area contributed by atoms with Crippen LogP contribution in [-0.4, -0.2) is 28.8 Å². The summed E-state index contributed by atoms with van der Waals surface area (Å²) in [6.45, 7) is 7.80. The van der Waals surface area contributed by atoms with Gasteiger partial charge in [0.05, 0.1) is 11.2 Å². The van der Waals surface area contributed by atoms with Crippen molar-refractivity contribution >= 4 is 5.91 Å².